The number of fused-ring (bicyclic) bond motifs is 1. The first-order valence-electron chi connectivity index (χ1n) is 13.0. The number of aromatic nitrogens is 1. The number of para-hydroxylation sites is 1. The third-order valence-electron chi connectivity index (χ3n) is 7.65. The highest BCUT2D eigenvalue weighted by Gasteiger charge is 2.38. The topological polar surface area (TPSA) is 71.3 Å². The first-order chi connectivity index (χ1) is 18.6. The minimum atomic E-state index is -4.85. The van der Waals surface area contributed by atoms with Crippen molar-refractivity contribution in [2.24, 2.45) is 5.92 Å². The lowest BCUT2D eigenvalue weighted by Crippen LogP contribution is -2.34. The summed E-state index contributed by atoms with van der Waals surface area (Å²) in [5.74, 6) is -2.11. The molecule has 204 valence electrons. The number of hydrogen-bond acceptors (Lipinski definition) is 2. The molecule has 0 unspecified atom stereocenters. The number of carboxylic acid groups (broad SMARTS) is 1. The molecule has 2 aliphatic carbocycles. The first-order valence-corrected chi connectivity index (χ1v) is 13.4. The number of rotatable bonds is 6. The van der Waals surface area contributed by atoms with E-state index in [0.717, 1.165) is 71.4 Å². The molecule has 9 heteroatoms. The Bertz CT molecular complexity index is 1480. The van der Waals surface area contributed by atoms with E-state index in [4.69, 9.17) is 11.6 Å². The summed E-state index contributed by atoms with van der Waals surface area (Å²) in [6, 6.07) is 11.6. The summed E-state index contributed by atoms with van der Waals surface area (Å²) in [5.41, 5.74) is 0.537. The second-order valence-electron chi connectivity index (χ2n) is 10.2. The molecule has 2 aromatic carbocycles. The Labute approximate surface area is 229 Å². The largest absolute Gasteiger partial charge is 0.478 e. The molecule has 39 heavy (non-hydrogen) atoms. The van der Waals surface area contributed by atoms with E-state index in [1.165, 1.54) is 0 Å². The van der Waals surface area contributed by atoms with E-state index >= 15 is 0 Å². The van der Waals surface area contributed by atoms with Crippen molar-refractivity contribution in [2.45, 2.75) is 57.2 Å². The molecule has 0 aliphatic heterocycles. The normalized spacial score (nSPS) is 17.4. The summed E-state index contributed by atoms with van der Waals surface area (Å²) in [4.78, 5) is 25.4. The van der Waals surface area contributed by atoms with Gasteiger partial charge in [-0.3, -0.25) is 4.79 Å². The summed E-state index contributed by atoms with van der Waals surface area (Å²) in [5, 5.41) is 13.5. The Kier molecular flexibility index (Phi) is 7.58. The SMILES string of the molecule is O=C(O)c1ccc(NC(=O)[C@H](C2CCCCC2)n2c(C3=CC=C(Cl)CC3)cc3ccccc32)c(C(F)(F)F)c1. The molecule has 1 saturated carbocycles. The maximum absolute atomic E-state index is 14.1. The highest BCUT2D eigenvalue weighted by atomic mass is 35.5. The number of aromatic carboxylic acids is 1. The van der Waals surface area contributed by atoms with E-state index in [1.807, 2.05) is 47.1 Å². The van der Waals surface area contributed by atoms with Crippen LogP contribution in [0, 0.1) is 5.92 Å². The van der Waals surface area contributed by atoms with Crippen LogP contribution in [0.5, 0.6) is 0 Å². The lowest BCUT2D eigenvalue weighted by molar-refractivity contribution is -0.137. The van der Waals surface area contributed by atoms with Crippen LogP contribution >= 0.6 is 11.6 Å². The second-order valence-corrected chi connectivity index (χ2v) is 10.6. The van der Waals surface area contributed by atoms with Gasteiger partial charge in [0.2, 0.25) is 5.91 Å². The molecule has 1 atom stereocenters. The fourth-order valence-corrected chi connectivity index (χ4v) is 5.92. The number of carbonyl (C=O) groups excluding carboxylic acids is 1. The van der Waals surface area contributed by atoms with E-state index in [1.54, 1.807) is 0 Å². The Morgan fingerprint density at radius 3 is 2.41 bits per heavy atom. The predicted molar refractivity (Wildman–Crippen MR) is 146 cm³/mol. The Morgan fingerprint density at radius 2 is 1.74 bits per heavy atom. The van der Waals surface area contributed by atoms with Crippen LogP contribution in [-0.2, 0) is 11.0 Å². The quantitative estimate of drug-likeness (QED) is 0.320. The first kappa shape index (κ1) is 27.1. The van der Waals surface area contributed by atoms with Crippen molar-refractivity contribution in [3.8, 4) is 0 Å². The molecule has 1 heterocycles. The zero-order valence-electron chi connectivity index (χ0n) is 21.1. The average molecular weight is 557 g/mol. The van der Waals surface area contributed by atoms with Gasteiger partial charge in [-0.1, -0.05) is 55.1 Å². The van der Waals surface area contributed by atoms with Crippen LogP contribution in [-0.4, -0.2) is 21.6 Å². The van der Waals surface area contributed by atoms with Gasteiger partial charge in [0.15, 0.2) is 0 Å². The van der Waals surface area contributed by atoms with Crippen LogP contribution in [0.25, 0.3) is 16.5 Å². The maximum Gasteiger partial charge on any atom is 0.418 e. The molecule has 0 saturated heterocycles. The van der Waals surface area contributed by atoms with Crippen LogP contribution in [0.15, 0.2) is 65.7 Å². The molecule has 1 aromatic heterocycles. The molecule has 0 bridgehead atoms. The van der Waals surface area contributed by atoms with Gasteiger partial charge in [-0.2, -0.15) is 13.2 Å². The molecule has 0 radical (unpaired) electrons. The fraction of sp³-hybridized carbons (Fsp3) is 0.333. The summed E-state index contributed by atoms with van der Waals surface area (Å²) in [7, 11) is 0. The molecule has 0 spiro atoms. The van der Waals surface area contributed by atoms with Gasteiger partial charge in [0.25, 0.3) is 0 Å². The minimum absolute atomic E-state index is 0.0794. The van der Waals surface area contributed by atoms with Crippen molar-refractivity contribution < 1.29 is 27.9 Å². The van der Waals surface area contributed by atoms with E-state index in [9.17, 15) is 27.9 Å². The number of benzene rings is 2. The van der Waals surface area contributed by atoms with Crippen LogP contribution in [0.2, 0.25) is 0 Å². The molecular formula is C30H28ClF3N2O3. The average Bonchev–Trinajstić information content (AvgIpc) is 3.28. The molecule has 1 amide bonds. The van der Waals surface area contributed by atoms with E-state index in [0.29, 0.717) is 18.9 Å². The molecule has 2 aliphatic rings. The van der Waals surface area contributed by atoms with Crippen molar-refractivity contribution in [1.29, 1.82) is 0 Å². The maximum atomic E-state index is 14.1. The number of anilines is 1. The van der Waals surface area contributed by atoms with E-state index in [-0.39, 0.29) is 5.92 Å². The summed E-state index contributed by atoms with van der Waals surface area (Å²) in [6.07, 6.45) is 4.76. The van der Waals surface area contributed by atoms with Gasteiger partial charge in [0.1, 0.15) is 6.04 Å². The Hall–Kier alpha value is -3.52. The second kappa shape index (κ2) is 10.9. The highest BCUT2D eigenvalue weighted by molar-refractivity contribution is 6.30. The summed E-state index contributed by atoms with van der Waals surface area (Å²) in [6.45, 7) is 0. The van der Waals surface area contributed by atoms with Gasteiger partial charge in [-0.25, -0.2) is 4.79 Å². The number of alkyl halides is 3. The van der Waals surface area contributed by atoms with Crippen LogP contribution in [0.4, 0.5) is 18.9 Å². The molecule has 1 fully saturated rings. The van der Waals surface area contributed by atoms with Gasteiger partial charge in [0.05, 0.1) is 16.8 Å². The third-order valence-corrected chi connectivity index (χ3v) is 7.96. The number of carbonyl (C=O) groups is 2. The zero-order chi connectivity index (χ0) is 27.7. The number of carboxylic acids is 1. The van der Waals surface area contributed by atoms with E-state index in [2.05, 4.69) is 5.32 Å². The predicted octanol–water partition coefficient (Wildman–Crippen LogP) is 8.42. The Balaban J connectivity index is 1.63. The molecule has 2 N–H and O–H groups in total. The molecule has 3 aromatic rings. The lowest BCUT2D eigenvalue weighted by atomic mass is 9.83. The summed E-state index contributed by atoms with van der Waals surface area (Å²) >= 11 is 6.21. The number of amides is 1. The minimum Gasteiger partial charge on any atom is -0.478 e. The number of hydrogen-bond donors (Lipinski definition) is 2. The fourth-order valence-electron chi connectivity index (χ4n) is 5.77. The Morgan fingerprint density at radius 1 is 1.00 bits per heavy atom. The molecule has 5 rings (SSSR count). The van der Waals surface area contributed by atoms with Gasteiger partial charge in [0, 0.05) is 21.6 Å². The highest BCUT2D eigenvalue weighted by Crippen LogP contribution is 2.42. The number of nitrogens with zero attached hydrogens (tertiary/aromatic N) is 1. The van der Waals surface area contributed by atoms with E-state index < -0.39 is 40.9 Å². The van der Waals surface area contributed by atoms with Crippen molar-refractivity contribution in [1.82, 2.24) is 4.57 Å². The van der Waals surface area contributed by atoms with Crippen molar-refractivity contribution in [2.75, 3.05) is 5.32 Å². The van der Waals surface area contributed by atoms with Gasteiger partial charge >= 0.3 is 12.1 Å². The standard InChI is InChI=1S/C30H28ClF3N2O3/c31-22-13-10-18(11-14-22)26-17-20-8-4-5-9-25(20)36(26)27(19-6-2-1-3-7-19)28(37)35-24-15-12-21(29(38)39)16-23(24)30(32,33)34/h4-5,8-10,12-13,15-17,19,27H,1-3,6-7,11,14H2,(H,35,37)(H,38,39)/t27-/m0/s1. The lowest BCUT2D eigenvalue weighted by Gasteiger charge is -2.33. The van der Waals surface area contributed by atoms with Crippen molar-refractivity contribution in [3.63, 3.8) is 0 Å². The number of allylic oxidation sites excluding steroid dienone is 4. The van der Waals surface area contributed by atoms with Crippen LogP contribution in [0.1, 0.15) is 72.6 Å². The van der Waals surface area contributed by atoms with Gasteiger partial charge < -0.3 is 15.0 Å². The molecule has 5 nitrogen and oxygen atoms in total. The van der Waals surface area contributed by atoms with Crippen molar-refractivity contribution >= 4 is 45.6 Å². The zero-order valence-corrected chi connectivity index (χ0v) is 21.9. The monoisotopic (exact) mass is 556 g/mol. The number of halogens is 4. The number of nitrogens with one attached hydrogen (secondary N) is 1. The third kappa shape index (κ3) is 5.62. The smallest absolute Gasteiger partial charge is 0.418 e. The molecular weight excluding hydrogens is 529 g/mol. The van der Waals surface area contributed by atoms with Crippen LogP contribution in [0.3, 0.4) is 0 Å². The van der Waals surface area contributed by atoms with Gasteiger partial charge in [-0.05, 0) is 73.6 Å². The van der Waals surface area contributed by atoms with Crippen molar-refractivity contribution in [3.05, 3.63) is 82.5 Å². The van der Waals surface area contributed by atoms with Gasteiger partial charge in [-0.15, -0.1) is 0 Å². The van der Waals surface area contributed by atoms with Crippen LogP contribution < -0.4 is 5.32 Å². The summed E-state index contributed by atoms with van der Waals surface area (Å²) < 4.78 is 43.8.